The van der Waals surface area contributed by atoms with Gasteiger partial charge >= 0.3 is 0 Å². The topological polar surface area (TPSA) is 267 Å². The molecule has 2 heterocycles. The summed E-state index contributed by atoms with van der Waals surface area (Å²) in [6, 6.07) is 15.5. The highest BCUT2D eigenvalue weighted by atomic mass is 35.5. The molecule has 6 rings (SSSR count). The average molecular weight is 923 g/mol. The van der Waals surface area contributed by atoms with E-state index in [-0.39, 0.29) is 53.1 Å². The van der Waals surface area contributed by atoms with Crippen molar-refractivity contribution in [3.05, 3.63) is 107 Å². The minimum Gasteiger partial charge on any atom is -0.507 e. The van der Waals surface area contributed by atoms with Crippen molar-refractivity contribution < 1.29 is 43.8 Å². The average Bonchev–Trinajstić information content (AvgIpc) is 3.80. The molecule has 18 heteroatoms. The molecule has 0 saturated carbocycles. The summed E-state index contributed by atoms with van der Waals surface area (Å²) in [5.41, 5.74) is 14.2. The quantitative estimate of drug-likeness (QED) is 0.0909. The lowest BCUT2D eigenvalue weighted by Crippen LogP contribution is -2.58. The molecule has 1 fully saturated rings. The van der Waals surface area contributed by atoms with E-state index in [1.54, 1.807) is 36.4 Å². The van der Waals surface area contributed by atoms with E-state index >= 15 is 0 Å². The van der Waals surface area contributed by atoms with Crippen molar-refractivity contribution in [2.24, 2.45) is 11.5 Å². The first-order chi connectivity index (χ1) is 31.5. The molecule has 4 aromatic rings. The summed E-state index contributed by atoms with van der Waals surface area (Å²) in [6.07, 6.45) is 1.97. The second-order valence-electron chi connectivity index (χ2n) is 16.7. The number of likely N-dealkylation sites (tertiary alicyclic amines) is 1. The van der Waals surface area contributed by atoms with Crippen molar-refractivity contribution in [1.82, 2.24) is 31.1 Å². The molecule has 0 aromatic heterocycles. The van der Waals surface area contributed by atoms with Crippen LogP contribution in [0.4, 0.5) is 0 Å². The first kappa shape index (κ1) is 48.5. The van der Waals surface area contributed by atoms with E-state index in [0.717, 1.165) is 16.0 Å². The number of carbonyl (C=O) groups excluding carboxylic acids is 7. The molecular formula is C48H55ClN8O9. The third-order valence-electron chi connectivity index (χ3n) is 12.0. The van der Waals surface area contributed by atoms with Crippen molar-refractivity contribution in [3.8, 4) is 33.8 Å². The molecule has 66 heavy (non-hydrogen) atoms. The Bertz CT molecular complexity index is 2480. The van der Waals surface area contributed by atoms with E-state index < -0.39 is 77.6 Å². The molecule has 2 aliphatic rings. The number of hydrogen-bond acceptors (Lipinski definition) is 10. The van der Waals surface area contributed by atoms with Crippen LogP contribution < -0.4 is 32.7 Å². The van der Waals surface area contributed by atoms with Gasteiger partial charge in [0.15, 0.2) is 0 Å². The van der Waals surface area contributed by atoms with Crippen molar-refractivity contribution in [3.63, 3.8) is 0 Å². The zero-order valence-electron chi connectivity index (χ0n) is 36.9. The number of primary amides is 1. The molecule has 0 unspecified atom stereocenters. The highest BCUT2D eigenvalue weighted by Crippen LogP contribution is 2.39. The predicted molar refractivity (Wildman–Crippen MR) is 247 cm³/mol. The highest BCUT2D eigenvalue weighted by Gasteiger charge is 2.38. The van der Waals surface area contributed by atoms with Crippen LogP contribution in [0.15, 0.2) is 84.9 Å². The van der Waals surface area contributed by atoms with E-state index in [1.165, 1.54) is 62.2 Å². The lowest BCUT2D eigenvalue weighted by Gasteiger charge is -2.32. The van der Waals surface area contributed by atoms with E-state index in [2.05, 4.69) is 21.3 Å². The molecule has 6 atom stereocenters. The fourth-order valence-electron chi connectivity index (χ4n) is 8.29. The minimum absolute atomic E-state index is 0.0873. The summed E-state index contributed by atoms with van der Waals surface area (Å²) in [5, 5.41) is 33.7. The molecule has 4 bridgehead atoms. The van der Waals surface area contributed by atoms with Crippen LogP contribution in [0.5, 0.6) is 11.5 Å². The van der Waals surface area contributed by atoms with Gasteiger partial charge in [-0.2, -0.15) is 0 Å². The number of nitrogens with two attached hydrogens (primary N) is 2. The Labute approximate surface area is 387 Å². The van der Waals surface area contributed by atoms with Crippen molar-refractivity contribution >= 4 is 53.0 Å². The molecule has 0 aliphatic carbocycles. The molecule has 0 spiro atoms. The van der Waals surface area contributed by atoms with Crippen LogP contribution in [0.1, 0.15) is 73.5 Å². The van der Waals surface area contributed by atoms with Gasteiger partial charge in [-0.25, -0.2) is 0 Å². The summed E-state index contributed by atoms with van der Waals surface area (Å²) >= 11 is 6.05. The summed E-state index contributed by atoms with van der Waals surface area (Å²) < 4.78 is 0. The van der Waals surface area contributed by atoms with Gasteiger partial charge in [0.05, 0.1) is 0 Å². The Morgan fingerprint density at radius 1 is 0.864 bits per heavy atom. The van der Waals surface area contributed by atoms with Gasteiger partial charge in [0.25, 0.3) is 5.91 Å². The minimum atomic E-state index is -1.46. The van der Waals surface area contributed by atoms with E-state index in [4.69, 9.17) is 23.1 Å². The highest BCUT2D eigenvalue weighted by molar-refractivity contribution is 6.30. The Balaban J connectivity index is 1.30. The monoisotopic (exact) mass is 922 g/mol. The SMILES string of the molecule is C[C@@H]1NC(=O)[C@@H](N(C)C(=O)[C@H](CCCCN)NC(=O)c2ccc(-c3ccc(Cl)cc3)cc2)c2ccc(O)c(c2)-c2cc(ccc2O)C[C@@H](C(=O)N[C@@H](C)C(=O)N2CCC[C@H]2C(N)=O)NC1=O. The van der Waals surface area contributed by atoms with Crippen molar-refractivity contribution in [1.29, 1.82) is 0 Å². The first-order valence-electron chi connectivity index (χ1n) is 21.8. The fraction of sp³-hybridized carbons (Fsp3) is 0.354. The Hall–Kier alpha value is -6.98. The number of phenolic OH excluding ortho intramolecular Hbond substituents is 2. The number of aromatic hydroxyl groups is 2. The largest absolute Gasteiger partial charge is 0.507 e. The number of nitrogens with one attached hydrogen (secondary N) is 4. The number of rotatable bonds is 13. The summed E-state index contributed by atoms with van der Waals surface area (Å²) in [5.74, 6) is -5.27. The maximum absolute atomic E-state index is 14.6. The molecule has 0 radical (unpaired) electrons. The van der Waals surface area contributed by atoms with Gasteiger partial charge in [0, 0.05) is 41.7 Å². The summed E-state index contributed by atoms with van der Waals surface area (Å²) in [7, 11) is 1.38. The molecular weight excluding hydrogens is 868 g/mol. The van der Waals surface area contributed by atoms with Gasteiger partial charge in [-0.3, -0.25) is 33.6 Å². The number of nitrogens with zero attached hydrogens (tertiary/aromatic N) is 2. The van der Waals surface area contributed by atoms with Gasteiger partial charge in [-0.05, 0) is 123 Å². The first-order valence-corrected chi connectivity index (χ1v) is 22.1. The standard InChI is InChI=1S/C48H55ClN8O9/c1-26-43(61)55-37(45(63)53-27(2)47(65)57-22-6-8-38(57)42(51)60)24-28-9-19-39(58)34(23-28)35-25-32(16-20-40(35)59)41(46(64)52-26)56(3)48(66)36(7-4-5-21-50)54-44(62)31-12-10-29(11-13-31)30-14-17-33(49)18-15-30/h9-20,23,25-27,36-38,41,58-59H,4-8,21-22,24,50H2,1-3H3,(H2,51,60)(H,52,64)(H,53,63)(H,54,62)(H,55,61)/t26-,27-,36-,37-,38-,41-/m0/s1. The number of benzene rings is 4. The fourth-order valence-corrected chi connectivity index (χ4v) is 8.41. The molecule has 2 aliphatic heterocycles. The van der Waals surface area contributed by atoms with Crippen LogP contribution in [-0.2, 0) is 35.2 Å². The van der Waals surface area contributed by atoms with E-state index in [9.17, 15) is 43.8 Å². The summed E-state index contributed by atoms with van der Waals surface area (Å²) in [4.78, 5) is 98.5. The maximum Gasteiger partial charge on any atom is 0.251 e. The Morgan fingerprint density at radius 3 is 2.15 bits per heavy atom. The smallest absolute Gasteiger partial charge is 0.251 e. The van der Waals surface area contributed by atoms with Crippen LogP contribution in [0.25, 0.3) is 22.3 Å². The van der Waals surface area contributed by atoms with Gasteiger partial charge in [0.2, 0.25) is 35.4 Å². The predicted octanol–water partition coefficient (Wildman–Crippen LogP) is 3.04. The number of phenols is 2. The normalized spacial score (nSPS) is 19.3. The van der Waals surface area contributed by atoms with Crippen LogP contribution in [0, 0.1) is 0 Å². The third-order valence-corrected chi connectivity index (χ3v) is 12.2. The molecule has 7 amide bonds. The number of amides is 7. The summed E-state index contributed by atoms with van der Waals surface area (Å²) in [6.45, 7) is 3.46. The van der Waals surface area contributed by atoms with Gasteiger partial charge < -0.3 is 52.7 Å². The molecule has 4 aromatic carbocycles. The van der Waals surface area contributed by atoms with Crippen molar-refractivity contribution in [2.45, 2.75) is 88.6 Å². The third kappa shape index (κ3) is 11.3. The molecule has 10 N–H and O–H groups in total. The number of fused-ring (bicyclic) bond motifs is 5. The Morgan fingerprint density at radius 2 is 1.50 bits per heavy atom. The lowest BCUT2D eigenvalue weighted by molar-refractivity contribution is -0.142. The number of likely N-dealkylation sites (N-methyl/N-ethyl adjacent to an activating group) is 1. The zero-order valence-corrected chi connectivity index (χ0v) is 37.6. The second-order valence-corrected chi connectivity index (χ2v) is 17.1. The van der Waals surface area contributed by atoms with Crippen LogP contribution >= 0.6 is 11.6 Å². The van der Waals surface area contributed by atoms with E-state index in [1.807, 2.05) is 12.1 Å². The van der Waals surface area contributed by atoms with Crippen molar-refractivity contribution in [2.75, 3.05) is 20.1 Å². The number of hydrogen-bond donors (Lipinski definition) is 8. The molecule has 17 nitrogen and oxygen atoms in total. The lowest BCUT2D eigenvalue weighted by atomic mass is 9.93. The van der Waals surface area contributed by atoms with Crippen LogP contribution in [0.2, 0.25) is 5.02 Å². The van der Waals surface area contributed by atoms with E-state index in [0.29, 0.717) is 42.8 Å². The van der Waals surface area contributed by atoms with Crippen LogP contribution in [-0.4, -0.2) is 112 Å². The Kier molecular flexibility index (Phi) is 15.7. The molecule has 348 valence electrons. The molecule has 1 saturated heterocycles. The van der Waals surface area contributed by atoms with Crippen LogP contribution in [0.3, 0.4) is 0 Å². The van der Waals surface area contributed by atoms with Gasteiger partial charge in [0.1, 0.15) is 47.8 Å². The zero-order chi connectivity index (χ0) is 47.8. The second kappa shape index (κ2) is 21.3. The number of unbranched alkanes of at least 4 members (excludes halogenated alkanes) is 1. The van der Waals surface area contributed by atoms with Gasteiger partial charge in [-0.1, -0.05) is 48.0 Å². The maximum atomic E-state index is 14.6. The van der Waals surface area contributed by atoms with Gasteiger partial charge in [-0.15, -0.1) is 0 Å². The number of halogens is 1. The number of carbonyl (C=O) groups is 7.